The third kappa shape index (κ3) is 3.74. The average molecular weight is 351 g/mol. The molecular formula is C20H31ClN2O. The van der Waals surface area contributed by atoms with Crippen molar-refractivity contribution in [2.45, 2.75) is 64.1 Å². The van der Waals surface area contributed by atoms with Gasteiger partial charge in [0.2, 0.25) is 0 Å². The second kappa shape index (κ2) is 7.23. The lowest BCUT2D eigenvalue weighted by Crippen LogP contribution is -2.40. The van der Waals surface area contributed by atoms with Crippen molar-refractivity contribution in [2.75, 3.05) is 19.6 Å². The normalized spacial score (nSPS) is 26.7. The first-order valence-electron chi connectivity index (χ1n) is 9.36. The molecular weight excluding hydrogens is 320 g/mol. The largest absolute Gasteiger partial charge is 0.487 e. The molecule has 0 saturated carbocycles. The maximum atomic E-state index is 6.23. The number of rotatable bonds is 3. The molecule has 0 spiro atoms. The highest BCUT2D eigenvalue weighted by atomic mass is 35.5. The Kier molecular flexibility index (Phi) is 5.43. The minimum absolute atomic E-state index is 0. The van der Waals surface area contributed by atoms with E-state index in [4.69, 9.17) is 4.74 Å². The first kappa shape index (κ1) is 18.0. The Hall–Kier alpha value is -0.770. The van der Waals surface area contributed by atoms with E-state index in [1.807, 2.05) is 0 Å². The zero-order chi connectivity index (χ0) is 15.9. The molecule has 1 unspecified atom stereocenters. The SMILES string of the molecule is CC1(C)Cc2cccc(CN3CCC(C4CCCN4)CC3)c2O1.Cl. The Bertz CT molecular complexity index is 561. The Balaban J connectivity index is 0.00000169. The van der Waals surface area contributed by atoms with E-state index in [1.54, 1.807) is 0 Å². The summed E-state index contributed by atoms with van der Waals surface area (Å²) in [5.74, 6) is 2.06. The van der Waals surface area contributed by atoms with Crippen LogP contribution in [-0.2, 0) is 13.0 Å². The number of nitrogens with one attached hydrogen (secondary N) is 1. The van der Waals surface area contributed by atoms with Crippen LogP contribution in [-0.4, -0.2) is 36.2 Å². The summed E-state index contributed by atoms with van der Waals surface area (Å²) in [4.78, 5) is 2.62. The van der Waals surface area contributed by atoms with Gasteiger partial charge in [-0.3, -0.25) is 4.90 Å². The van der Waals surface area contributed by atoms with Crippen LogP contribution in [0.25, 0.3) is 0 Å². The predicted molar refractivity (Wildman–Crippen MR) is 101 cm³/mol. The van der Waals surface area contributed by atoms with Gasteiger partial charge in [-0.05, 0) is 70.6 Å². The van der Waals surface area contributed by atoms with Crippen molar-refractivity contribution in [1.29, 1.82) is 0 Å². The maximum absolute atomic E-state index is 6.23. The van der Waals surface area contributed by atoms with E-state index in [2.05, 4.69) is 42.3 Å². The lowest BCUT2D eigenvalue weighted by atomic mass is 9.88. The van der Waals surface area contributed by atoms with Crippen LogP contribution in [0.1, 0.15) is 50.7 Å². The topological polar surface area (TPSA) is 24.5 Å². The molecule has 2 fully saturated rings. The van der Waals surface area contributed by atoms with E-state index in [9.17, 15) is 0 Å². The molecule has 0 radical (unpaired) electrons. The number of fused-ring (bicyclic) bond motifs is 1. The number of halogens is 1. The van der Waals surface area contributed by atoms with Crippen molar-refractivity contribution in [3.05, 3.63) is 29.3 Å². The van der Waals surface area contributed by atoms with Crippen molar-refractivity contribution >= 4 is 12.4 Å². The van der Waals surface area contributed by atoms with Crippen LogP contribution >= 0.6 is 12.4 Å². The summed E-state index contributed by atoms with van der Waals surface area (Å²) in [6.07, 6.45) is 6.48. The molecule has 0 bridgehead atoms. The summed E-state index contributed by atoms with van der Waals surface area (Å²) >= 11 is 0. The Morgan fingerprint density at radius 1 is 1.21 bits per heavy atom. The van der Waals surface area contributed by atoms with Gasteiger partial charge < -0.3 is 10.1 Å². The van der Waals surface area contributed by atoms with E-state index in [-0.39, 0.29) is 18.0 Å². The van der Waals surface area contributed by atoms with E-state index < -0.39 is 0 Å². The summed E-state index contributed by atoms with van der Waals surface area (Å²) < 4.78 is 6.23. The highest BCUT2D eigenvalue weighted by molar-refractivity contribution is 5.85. The van der Waals surface area contributed by atoms with Crippen LogP contribution in [0.3, 0.4) is 0 Å². The Morgan fingerprint density at radius 2 is 2.00 bits per heavy atom. The molecule has 3 heterocycles. The monoisotopic (exact) mass is 350 g/mol. The van der Waals surface area contributed by atoms with Gasteiger partial charge in [0.15, 0.2) is 0 Å². The molecule has 4 heteroatoms. The maximum Gasteiger partial charge on any atom is 0.127 e. The third-order valence-electron chi connectivity index (χ3n) is 5.87. The van der Waals surface area contributed by atoms with E-state index in [0.29, 0.717) is 0 Å². The zero-order valence-corrected chi connectivity index (χ0v) is 15.8. The van der Waals surface area contributed by atoms with Gasteiger partial charge in [0.25, 0.3) is 0 Å². The molecule has 24 heavy (non-hydrogen) atoms. The number of hydrogen-bond donors (Lipinski definition) is 1. The number of nitrogens with zero attached hydrogens (tertiary/aromatic N) is 1. The highest BCUT2D eigenvalue weighted by Gasteiger charge is 2.33. The fraction of sp³-hybridized carbons (Fsp3) is 0.700. The molecule has 0 aliphatic carbocycles. The second-order valence-electron chi connectivity index (χ2n) is 8.26. The molecule has 134 valence electrons. The molecule has 1 aromatic carbocycles. The third-order valence-corrected chi connectivity index (χ3v) is 5.87. The summed E-state index contributed by atoms with van der Waals surface area (Å²) in [5.41, 5.74) is 2.72. The first-order valence-corrected chi connectivity index (χ1v) is 9.36. The minimum Gasteiger partial charge on any atom is -0.487 e. The molecule has 3 nitrogen and oxygen atoms in total. The van der Waals surface area contributed by atoms with Gasteiger partial charge in [-0.25, -0.2) is 0 Å². The van der Waals surface area contributed by atoms with Crippen molar-refractivity contribution in [3.8, 4) is 5.75 Å². The number of hydrogen-bond acceptors (Lipinski definition) is 3. The summed E-state index contributed by atoms with van der Waals surface area (Å²) in [6, 6.07) is 7.48. The van der Waals surface area contributed by atoms with Gasteiger partial charge >= 0.3 is 0 Å². The predicted octanol–water partition coefficient (Wildman–Crippen LogP) is 3.79. The van der Waals surface area contributed by atoms with Gasteiger partial charge in [0, 0.05) is 24.6 Å². The van der Waals surface area contributed by atoms with Crippen molar-refractivity contribution in [3.63, 3.8) is 0 Å². The van der Waals surface area contributed by atoms with E-state index in [1.165, 1.54) is 56.4 Å². The molecule has 0 aromatic heterocycles. The summed E-state index contributed by atoms with van der Waals surface area (Å²) in [7, 11) is 0. The standard InChI is InChI=1S/C20H30N2O.ClH/c1-20(2)13-16-5-3-6-17(19(16)23-20)14-22-11-8-15(9-12-22)18-7-4-10-21-18;/h3,5-6,15,18,21H,4,7-14H2,1-2H3;1H. The van der Waals surface area contributed by atoms with Crippen LogP contribution in [0.15, 0.2) is 18.2 Å². The smallest absolute Gasteiger partial charge is 0.127 e. The Morgan fingerprint density at radius 3 is 2.71 bits per heavy atom. The minimum atomic E-state index is -0.0421. The van der Waals surface area contributed by atoms with Crippen LogP contribution in [0.4, 0.5) is 0 Å². The van der Waals surface area contributed by atoms with Gasteiger partial charge in [0.05, 0.1) is 0 Å². The molecule has 3 aliphatic rings. The molecule has 1 aromatic rings. The highest BCUT2D eigenvalue weighted by Crippen LogP contribution is 2.38. The fourth-order valence-corrected chi connectivity index (χ4v) is 4.67. The lowest BCUT2D eigenvalue weighted by molar-refractivity contribution is 0.130. The van der Waals surface area contributed by atoms with Gasteiger partial charge in [0.1, 0.15) is 11.4 Å². The van der Waals surface area contributed by atoms with Crippen LogP contribution in [0, 0.1) is 5.92 Å². The van der Waals surface area contributed by atoms with Gasteiger partial charge in [-0.2, -0.15) is 0 Å². The Labute approximate surface area is 152 Å². The summed E-state index contributed by atoms with van der Waals surface area (Å²) in [6.45, 7) is 9.12. The molecule has 1 atom stereocenters. The molecule has 1 N–H and O–H groups in total. The second-order valence-corrected chi connectivity index (χ2v) is 8.26. The number of likely N-dealkylation sites (tertiary alicyclic amines) is 1. The van der Waals surface area contributed by atoms with Crippen LogP contribution < -0.4 is 10.1 Å². The first-order chi connectivity index (χ1) is 11.1. The van der Waals surface area contributed by atoms with Crippen molar-refractivity contribution in [2.24, 2.45) is 5.92 Å². The fourth-order valence-electron chi connectivity index (χ4n) is 4.67. The molecule has 4 rings (SSSR count). The number of benzene rings is 1. The molecule has 2 saturated heterocycles. The van der Waals surface area contributed by atoms with Crippen molar-refractivity contribution < 1.29 is 4.74 Å². The van der Waals surface area contributed by atoms with Gasteiger partial charge in [-0.1, -0.05) is 18.2 Å². The van der Waals surface area contributed by atoms with Gasteiger partial charge in [-0.15, -0.1) is 12.4 Å². The van der Waals surface area contributed by atoms with Crippen LogP contribution in [0.5, 0.6) is 5.75 Å². The number of piperidine rings is 1. The zero-order valence-electron chi connectivity index (χ0n) is 15.0. The number of ether oxygens (including phenoxy) is 1. The number of para-hydroxylation sites is 1. The molecule has 3 aliphatic heterocycles. The quantitative estimate of drug-likeness (QED) is 0.897. The summed E-state index contributed by atoms with van der Waals surface area (Å²) in [5, 5.41) is 3.70. The molecule has 0 amide bonds. The van der Waals surface area contributed by atoms with Crippen LogP contribution in [0.2, 0.25) is 0 Å². The lowest BCUT2D eigenvalue weighted by Gasteiger charge is -2.35. The van der Waals surface area contributed by atoms with E-state index >= 15 is 0 Å². The van der Waals surface area contributed by atoms with Crippen molar-refractivity contribution in [1.82, 2.24) is 10.2 Å². The average Bonchev–Trinajstić information content (AvgIpc) is 3.15. The van der Waals surface area contributed by atoms with E-state index in [0.717, 1.165) is 30.7 Å².